The minimum Gasteiger partial charge on any atom is -0.309 e. The van der Waals surface area contributed by atoms with Crippen LogP contribution < -0.4 is 10.0 Å². The molecule has 0 amide bonds. The lowest BCUT2D eigenvalue weighted by molar-refractivity contribution is 0.581. The van der Waals surface area contributed by atoms with E-state index >= 15 is 0 Å². The molecule has 1 aliphatic carbocycles. The highest BCUT2D eigenvalue weighted by atomic mass is 32.2. The Morgan fingerprint density at radius 1 is 1.50 bits per heavy atom. The summed E-state index contributed by atoms with van der Waals surface area (Å²) in [5, 5.41) is 3.69. The van der Waals surface area contributed by atoms with Gasteiger partial charge < -0.3 is 5.32 Å². The van der Waals surface area contributed by atoms with Gasteiger partial charge in [0.2, 0.25) is 10.0 Å². The molecule has 7 heteroatoms. The number of nitrogens with one attached hydrogen (secondary N) is 2. The second kappa shape index (κ2) is 6.79. The molecule has 0 aliphatic heterocycles. The largest absolute Gasteiger partial charge is 0.309 e. The lowest BCUT2D eigenvalue weighted by atomic mass is 10.4. The highest BCUT2D eigenvalue weighted by Gasteiger charge is 2.23. The molecule has 0 spiro atoms. The molecule has 0 radical (unpaired) electrons. The van der Waals surface area contributed by atoms with Crippen molar-refractivity contribution in [2.24, 2.45) is 0 Å². The summed E-state index contributed by atoms with van der Waals surface area (Å²) < 4.78 is 27.3. The number of hydrogen-bond acceptors (Lipinski definition) is 5. The zero-order chi connectivity index (χ0) is 14.8. The van der Waals surface area contributed by atoms with Gasteiger partial charge in [0.25, 0.3) is 0 Å². The molecule has 20 heavy (non-hydrogen) atoms. The van der Waals surface area contributed by atoms with Gasteiger partial charge in [-0.3, -0.25) is 0 Å². The van der Waals surface area contributed by atoms with Gasteiger partial charge in [0, 0.05) is 34.1 Å². The van der Waals surface area contributed by atoms with Gasteiger partial charge in [-0.15, -0.1) is 11.3 Å². The van der Waals surface area contributed by atoms with Crippen LogP contribution in [-0.2, 0) is 16.6 Å². The first-order chi connectivity index (χ1) is 9.42. The van der Waals surface area contributed by atoms with Gasteiger partial charge in [-0.2, -0.15) is 11.8 Å². The van der Waals surface area contributed by atoms with Gasteiger partial charge in [0.1, 0.15) is 0 Å². The molecule has 1 heterocycles. The Morgan fingerprint density at radius 3 is 2.80 bits per heavy atom. The first-order valence-electron chi connectivity index (χ1n) is 6.77. The van der Waals surface area contributed by atoms with E-state index in [4.69, 9.17) is 0 Å². The van der Waals surface area contributed by atoms with Crippen LogP contribution in [0.2, 0.25) is 0 Å². The molecule has 1 aromatic heterocycles. The van der Waals surface area contributed by atoms with E-state index in [1.54, 1.807) is 23.1 Å². The fourth-order valence-corrected chi connectivity index (χ4v) is 4.87. The summed E-state index contributed by atoms with van der Waals surface area (Å²) in [5.74, 6) is 0. The van der Waals surface area contributed by atoms with Crippen molar-refractivity contribution in [3.8, 4) is 0 Å². The van der Waals surface area contributed by atoms with Crippen LogP contribution in [0.1, 0.15) is 29.5 Å². The van der Waals surface area contributed by atoms with Crippen LogP contribution in [0.4, 0.5) is 0 Å². The molecule has 2 rings (SSSR count). The van der Waals surface area contributed by atoms with E-state index in [1.807, 2.05) is 26.2 Å². The number of aryl methyl sites for hydroxylation is 1. The zero-order valence-corrected chi connectivity index (χ0v) is 14.6. The maximum Gasteiger partial charge on any atom is 0.241 e. The molecule has 0 aromatic carbocycles. The first-order valence-corrected chi connectivity index (χ1v) is 10.4. The smallest absolute Gasteiger partial charge is 0.241 e. The van der Waals surface area contributed by atoms with Gasteiger partial charge in [-0.1, -0.05) is 6.92 Å². The molecular formula is C13H22N2O2S3. The number of thioether (sulfide) groups is 1. The molecule has 4 nitrogen and oxygen atoms in total. The van der Waals surface area contributed by atoms with Crippen molar-refractivity contribution in [3.05, 3.63) is 15.8 Å². The number of hydrogen-bond donors (Lipinski definition) is 2. The molecule has 114 valence electrons. The van der Waals surface area contributed by atoms with Crippen LogP contribution in [0.3, 0.4) is 0 Å². The minimum absolute atomic E-state index is 0.278. The maximum absolute atomic E-state index is 12.3. The summed E-state index contributed by atoms with van der Waals surface area (Å²) in [6.45, 7) is 5.12. The van der Waals surface area contributed by atoms with E-state index < -0.39 is 10.0 Å². The van der Waals surface area contributed by atoms with Gasteiger partial charge in [0.05, 0.1) is 4.90 Å². The van der Waals surface area contributed by atoms with Crippen molar-refractivity contribution in [3.63, 3.8) is 0 Å². The Morgan fingerprint density at radius 2 is 2.20 bits per heavy atom. The highest BCUT2D eigenvalue weighted by molar-refractivity contribution is 7.99. The van der Waals surface area contributed by atoms with Crippen LogP contribution >= 0.6 is 23.1 Å². The summed E-state index contributed by atoms with van der Waals surface area (Å²) in [5.41, 5.74) is 0. The summed E-state index contributed by atoms with van der Waals surface area (Å²) in [6, 6.07) is 2.44. The Kier molecular flexibility index (Phi) is 5.53. The lowest BCUT2D eigenvalue weighted by Crippen LogP contribution is -2.29. The molecule has 1 atom stereocenters. The molecule has 0 bridgehead atoms. The van der Waals surface area contributed by atoms with Crippen LogP contribution in [0.15, 0.2) is 11.0 Å². The van der Waals surface area contributed by atoms with Crippen LogP contribution in [0.5, 0.6) is 0 Å². The molecule has 1 fully saturated rings. The third-order valence-corrected chi connectivity index (χ3v) is 7.02. The Bertz CT molecular complexity index is 550. The first kappa shape index (κ1) is 16.3. The third-order valence-electron chi connectivity index (χ3n) is 3.32. The van der Waals surface area contributed by atoms with E-state index in [0.29, 0.717) is 17.5 Å². The number of thiophene rings is 1. The predicted molar refractivity (Wildman–Crippen MR) is 87.1 cm³/mol. The standard InChI is InChI=1S/C13H22N2O2S3/c1-9(18-3)7-15-20(16,17)13-6-12(19-10(13)2)8-14-11-4-5-11/h6,9,11,14-15H,4-5,7-8H2,1-3H3. The van der Waals surface area contributed by atoms with Crippen LogP contribution in [0.25, 0.3) is 0 Å². The summed E-state index contributed by atoms with van der Waals surface area (Å²) in [4.78, 5) is 2.39. The normalized spacial score (nSPS) is 17.4. The molecule has 1 aromatic rings. The van der Waals surface area contributed by atoms with Crippen LogP contribution in [0, 0.1) is 6.92 Å². The molecule has 0 saturated heterocycles. The molecule has 1 aliphatic rings. The lowest BCUT2D eigenvalue weighted by Gasteiger charge is -2.10. The third kappa shape index (κ3) is 4.46. The van der Waals surface area contributed by atoms with Crippen molar-refractivity contribution in [1.82, 2.24) is 10.0 Å². The summed E-state index contributed by atoms with van der Waals surface area (Å²) in [6.07, 6.45) is 4.46. The zero-order valence-electron chi connectivity index (χ0n) is 12.1. The quantitative estimate of drug-likeness (QED) is 0.766. The van der Waals surface area contributed by atoms with E-state index in [0.717, 1.165) is 16.3 Å². The minimum atomic E-state index is -3.38. The molecule has 2 N–H and O–H groups in total. The van der Waals surface area contributed by atoms with Crippen molar-refractivity contribution >= 4 is 33.1 Å². The Labute approximate surface area is 129 Å². The van der Waals surface area contributed by atoms with E-state index in [-0.39, 0.29) is 5.25 Å². The summed E-state index contributed by atoms with van der Waals surface area (Å²) >= 11 is 3.22. The maximum atomic E-state index is 12.3. The summed E-state index contributed by atoms with van der Waals surface area (Å²) in [7, 11) is -3.38. The van der Waals surface area contributed by atoms with Gasteiger partial charge in [0.15, 0.2) is 0 Å². The molecule has 1 saturated carbocycles. The van der Waals surface area contributed by atoms with Crippen LogP contribution in [-0.4, -0.2) is 32.5 Å². The molecule has 1 unspecified atom stereocenters. The van der Waals surface area contributed by atoms with Crippen molar-refractivity contribution in [2.45, 2.75) is 49.4 Å². The van der Waals surface area contributed by atoms with Crippen molar-refractivity contribution < 1.29 is 8.42 Å². The second-order valence-corrected chi connectivity index (χ2v) is 9.54. The van der Waals surface area contributed by atoms with Gasteiger partial charge in [-0.05, 0) is 32.1 Å². The fraction of sp³-hybridized carbons (Fsp3) is 0.692. The van der Waals surface area contributed by atoms with Crippen molar-refractivity contribution in [1.29, 1.82) is 0 Å². The van der Waals surface area contributed by atoms with E-state index in [2.05, 4.69) is 10.0 Å². The number of rotatable bonds is 8. The topological polar surface area (TPSA) is 58.2 Å². The predicted octanol–water partition coefficient (Wildman–Crippen LogP) is 2.34. The Balaban J connectivity index is 2.01. The Hall–Kier alpha value is -0.0800. The van der Waals surface area contributed by atoms with E-state index in [1.165, 1.54) is 12.8 Å². The van der Waals surface area contributed by atoms with Crippen molar-refractivity contribution in [2.75, 3.05) is 12.8 Å². The van der Waals surface area contributed by atoms with E-state index in [9.17, 15) is 8.42 Å². The fourth-order valence-electron chi connectivity index (χ4n) is 1.80. The van der Waals surface area contributed by atoms with Gasteiger partial charge >= 0.3 is 0 Å². The average molecular weight is 335 g/mol. The average Bonchev–Trinajstić information content (AvgIpc) is 3.16. The SMILES string of the molecule is CSC(C)CNS(=O)(=O)c1cc(CNC2CC2)sc1C. The van der Waals surface area contributed by atoms with Gasteiger partial charge in [-0.25, -0.2) is 13.1 Å². The highest BCUT2D eigenvalue weighted by Crippen LogP contribution is 2.27. The second-order valence-electron chi connectivity index (χ2n) is 5.19. The molecular weight excluding hydrogens is 312 g/mol. The monoisotopic (exact) mass is 334 g/mol. The number of sulfonamides is 1.